The fourth-order valence-electron chi connectivity index (χ4n) is 2.83. The first kappa shape index (κ1) is 18.5. The molecule has 0 aliphatic carbocycles. The van der Waals surface area contributed by atoms with Crippen LogP contribution in [0.15, 0.2) is 34.4 Å². The quantitative estimate of drug-likeness (QED) is 0.618. The van der Waals surface area contributed by atoms with Gasteiger partial charge in [-0.05, 0) is 29.1 Å². The summed E-state index contributed by atoms with van der Waals surface area (Å²) in [6.45, 7) is 1.45. The second-order valence-corrected chi connectivity index (χ2v) is 6.69. The number of aromatic nitrogens is 1. The summed E-state index contributed by atoms with van der Waals surface area (Å²) < 4.78 is 6.82. The Morgan fingerprint density at radius 2 is 2.04 bits per heavy atom. The number of nitrogens with zero attached hydrogens (tertiary/aromatic N) is 1. The first-order chi connectivity index (χ1) is 12.8. The van der Waals surface area contributed by atoms with Gasteiger partial charge in [0.05, 0.1) is 29.6 Å². The van der Waals surface area contributed by atoms with Crippen molar-refractivity contribution in [2.45, 2.75) is 13.5 Å². The van der Waals surface area contributed by atoms with E-state index >= 15 is 0 Å². The lowest BCUT2D eigenvalue weighted by molar-refractivity contribution is -0.114. The van der Waals surface area contributed by atoms with E-state index in [9.17, 15) is 24.6 Å². The first-order valence-electron chi connectivity index (χ1n) is 7.84. The zero-order chi connectivity index (χ0) is 19.7. The summed E-state index contributed by atoms with van der Waals surface area (Å²) in [5.41, 5.74) is 0.335. The van der Waals surface area contributed by atoms with E-state index in [1.807, 2.05) is 0 Å². The van der Waals surface area contributed by atoms with Crippen molar-refractivity contribution in [2.75, 3.05) is 12.4 Å². The summed E-state index contributed by atoms with van der Waals surface area (Å²) in [6.07, 6.45) is 0. The lowest BCUT2D eigenvalue weighted by Crippen LogP contribution is -2.23. The van der Waals surface area contributed by atoms with Gasteiger partial charge < -0.3 is 20.3 Å². The standard InChI is InChI=1S/C18H16N2O6S/c1-9(21)19-11-7-10(3-4-13(11)26-2)8-20-12-5-6-27-16(12)14(18(24)25)15(22)17(20)23/h3-7,22H,8H2,1-2H3,(H,19,21)(H,24,25). The van der Waals surface area contributed by atoms with Gasteiger partial charge in [-0.2, -0.15) is 0 Å². The molecular weight excluding hydrogens is 372 g/mol. The molecule has 0 aliphatic rings. The number of pyridine rings is 1. The number of carbonyl (C=O) groups is 2. The first-order valence-corrected chi connectivity index (χ1v) is 8.72. The Hall–Kier alpha value is -3.33. The largest absolute Gasteiger partial charge is 0.502 e. The maximum Gasteiger partial charge on any atom is 0.341 e. The van der Waals surface area contributed by atoms with Crippen LogP contribution >= 0.6 is 11.3 Å². The number of nitrogens with one attached hydrogen (secondary N) is 1. The van der Waals surface area contributed by atoms with Crippen molar-refractivity contribution in [3.05, 3.63) is 51.1 Å². The summed E-state index contributed by atoms with van der Waals surface area (Å²) in [5.74, 6) is -1.97. The minimum Gasteiger partial charge on any atom is -0.502 e. The van der Waals surface area contributed by atoms with E-state index in [4.69, 9.17) is 4.74 Å². The van der Waals surface area contributed by atoms with Gasteiger partial charge in [0.15, 0.2) is 5.75 Å². The van der Waals surface area contributed by atoms with Crippen molar-refractivity contribution in [2.24, 2.45) is 0 Å². The molecule has 3 N–H and O–H groups in total. The van der Waals surface area contributed by atoms with Gasteiger partial charge in [-0.15, -0.1) is 11.3 Å². The van der Waals surface area contributed by atoms with Crippen molar-refractivity contribution >= 4 is 39.1 Å². The van der Waals surface area contributed by atoms with Crippen LogP contribution in [0.2, 0.25) is 0 Å². The zero-order valence-corrected chi connectivity index (χ0v) is 15.3. The van der Waals surface area contributed by atoms with E-state index in [1.165, 1.54) is 18.6 Å². The molecule has 140 valence electrons. The van der Waals surface area contributed by atoms with Gasteiger partial charge >= 0.3 is 5.97 Å². The minimum absolute atomic E-state index is 0.0795. The number of carboxylic acids is 1. The minimum atomic E-state index is -1.36. The van der Waals surface area contributed by atoms with E-state index in [0.717, 1.165) is 11.3 Å². The van der Waals surface area contributed by atoms with Gasteiger partial charge in [0, 0.05) is 6.92 Å². The third-order valence-corrected chi connectivity index (χ3v) is 4.90. The Labute approximate surface area is 157 Å². The van der Waals surface area contributed by atoms with Gasteiger partial charge in [0.25, 0.3) is 5.56 Å². The number of aromatic carboxylic acids is 1. The maximum absolute atomic E-state index is 12.6. The Kier molecular flexibility index (Phi) is 4.87. The van der Waals surface area contributed by atoms with E-state index in [2.05, 4.69) is 5.32 Å². The number of carbonyl (C=O) groups excluding carboxylic acids is 1. The van der Waals surface area contributed by atoms with Crippen LogP contribution in [0.3, 0.4) is 0 Å². The fourth-order valence-corrected chi connectivity index (χ4v) is 3.77. The highest BCUT2D eigenvalue weighted by Crippen LogP contribution is 2.30. The van der Waals surface area contributed by atoms with Crippen molar-refractivity contribution < 1.29 is 24.5 Å². The normalized spacial score (nSPS) is 10.7. The van der Waals surface area contributed by atoms with Crippen LogP contribution in [0, 0.1) is 0 Å². The second-order valence-electron chi connectivity index (χ2n) is 5.77. The lowest BCUT2D eigenvalue weighted by atomic mass is 10.1. The molecule has 0 bridgehead atoms. The van der Waals surface area contributed by atoms with Crippen LogP contribution in [0.1, 0.15) is 22.8 Å². The van der Waals surface area contributed by atoms with Crippen LogP contribution in [0.5, 0.6) is 11.5 Å². The molecule has 9 heteroatoms. The second kappa shape index (κ2) is 7.12. The van der Waals surface area contributed by atoms with Crippen molar-refractivity contribution in [3.63, 3.8) is 0 Å². The molecular formula is C18H16N2O6S. The third kappa shape index (κ3) is 3.36. The molecule has 2 heterocycles. The smallest absolute Gasteiger partial charge is 0.341 e. The Morgan fingerprint density at radius 3 is 2.67 bits per heavy atom. The number of carboxylic acid groups (broad SMARTS) is 1. The number of ether oxygens (including phenoxy) is 1. The molecule has 0 saturated heterocycles. The zero-order valence-electron chi connectivity index (χ0n) is 14.5. The van der Waals surface area contributed by atoms with E-state index in [0.29, 0.717) is 27.2 Å². The molecule has 0 fully saturated rings. The number of anilines is 1. The maximum atomic E-state index is 12.6. The van der Waals surface area contributed by atoms with Gasteiger partial charge in [0.2, 0.25) is 5.91 Å². The van der Waals surface area contributed by atoms with Gasteiger partial charge in [-0.1, -0.05) is 6.07 Å². The topological polar surface area (TPSA) is 118 Å². The van der Waals surface area contributed by atoms with Crippen LogP contribution in [0.25, 0.3) is 10.2 Å². The van der Waals surface area contributed by atoms with E-state index in [-0.39, 0.29) is 12.5 Å². The summed E-state index contributed by atoms with van der Waals surface area (Å²) in [7, 11) is 1.47. The Bertz CT molecular complexity index is 1110. The molecule has 0 aliphatic heterocycles. The number of hydrogen-bond donors (Lipinski definition) is 3. The van der Waals surface area contributed by atoms with Crippen molar-refractivity contribution in [3.8, 4) is 11.5 Å². The predicted molar refractivity (Wildman–Crippen MR) is 101 cm³/mol. The van der Waals surface area contributed by atoms with E-state index in [1.54, 1.807) is 29.6 Å². The summed E-state index contributed by atoms with van der Waals surface area (Å²) in [6, 6.07) is 6.66. The fraction of sp³-hybridized carbons (Fsp3) is 0.167. The molecule has 0 radical (unpaired) electrons. The highest BCUT2D eigenvalue weighted by molar-refractivity contribution is 7.17. The molecule has 3 rings (SSSR count). The number of fused-ring (bicyclic) bond motifs is 1. The number of aromatic hydroxyl groups is 1. The monoisotopic (exact) mass is 388 g/mol. The highest BCUT2D eigenvalue weighted by atomic mass is 32.1. The molecule has 0 atom stereocenters. The average molecular weight is 388 g/mol. The summed E-state index contributed by atoms with van der Waals surface area (Å²) in [5, 5.41) is 23.7. The molecule has 1 aromatic carbocycles. The third-order valence-electron chi connectivity index (χ3n) is 3.98. The molecule has 8 nitrogen and oxygen atoms in total. The highest BCUT2D eigenvalue weighted by Gasteiger charge is 2.22. The number of methoxy groups -OCH3 is 1. The van der Waals surface area contributed by atoms with Crippen molar-refractivity contribution in [1.82, 2.24) is 4.57 Å². The average Bonchev–Trinajstić information content (AvgIpc) is 3.07. The molecule has 3 aromatic rings. The number of thiophene rings is 1. The van der Waals surface area contributed by atoms with Crippen LogP contribution in [0.4, 0.5) is 5.69 Å². The van der Waals surface area contributed by atoms with Crippen molar-refractivity contribution in [1.29, 1.82) is 0 Å². The lowest BCUT2D eigenvalue weighted by Gasteiger charge is -2.14. The molecule has 0 spiro atoms. The molecule has 1 amide bonds. The van der Waals surface area contributed by atoms with Gasteiger partial charge in [-0.3, -0.25) is 14.2 Å². The Morgan fingerprint density at radius 1 is 1.30 bits per heavy atom. The number of benzene rings is 1. The van der Waals surface area contributed by atoms with Crippen LogP contribution in [-0.4, -0.2) is 33.8 Å². The number of hydrogen-bond acceptors (Lipinski definition) is 6. The molecule has 27 heavy (non-hydrogen) atoms. The SMILES string of the molecule is COc1ccc(Cn2c(=O)c(O)c(C(=O)O)c3sccc32)cc1NC(C)=O. The van der Waals surface area contributed by atoms with Gasteiger partial charge in [-0.25, -0.2) is 4.79 Å². The van der Waals surface area contributed by atoms with E-state index < -0.39 is 22.8 Å². The molecule has 0 saturated carbocycles. The van der Waals surface area contributed by atoms with Gasteiger partial charge in [0.1, 0.15) is 11.3 Å². The predicted octanol–water partition coefficient (Wildman–Crippen LogP) is 2.48. The number of rotatable bonds is 5. The summed E-state index contributed by atoms with van der Waals surface area (Å²) >= 11 is 1.13. The Balaban J connectivity index is 2.13. The number of amides is 1. The molecule has 0 unspecified atom stereocenters. The van der Waals surface area contributed by atoms with Crippen LogP contribution < -0.4 is 15.6 Å². The van der Waals surface area contributed by atoms with Crippen LogP contribution in [-0.2, 0) is 11.3 Å². The summed E-state index contributed by atoms with van der Waals surface area (Å²) in [4.78, 5) is 35.4. The molecule has 2 aromatic heterocycles.